The van der Waals surface area contributed by atoms with E-state index in [0.717, 1.165) is 23.8 Å². The fourth-order valence-electron chi connectivity index (χ4n) is 2.91. The minimum Gasteiger partial charge on any atom is -0.493 e. The quantitative estimate of drug-likeness (QED) is 0.592. The third-order valence-electron chi connectivity index (χ3n) is 4.57. The topological polar surface area (TPSA) is 71.0 Å². The van der Waals surface area contributed by atoms with Gasteiger partial charge in [-0.25, -0.2) is 13.4 Å². The van der Waals surface area contributed by atoms with Gasteiger partial charge in [0.05, 0.1) is 23.7 Å². The number of guanidine groups is 1. The molecule has 0 bridgehead atoms. The van der Waals surface area contributed by atoms with Crippen LogP contribution in [-0.2, 0) is 16.4 Å². The Bertz CT molecular complexity index is 757. The van der Waals surface area contributed by atoms with E-state index < -0.39 is 14.6 Å². The molecule has 1 aliphatic rings. The van der Waals surface area contributed by atoms with Gasteiger partial charge in [0.15, 0.2) is 15.8 Å². The highest BCUT2D eigenvalue weighted by Crippen LogP contribution is 2.24. The number of hydrogen-bond acceptors (Lipinski definition) is 4. The fourth-order valence-corrected chi connectivity index (χ4v) is 4.28. The van der Waals surface area contributed by atoms with E-state index in [0.29, 0.717) is 32.2 Å². The first-order valence-corrected chi connectivity index (χ1v) is 11.3. The normalized spacial score (nSPS) is 19.2. The van der Waals surface area contributed by atoms with Crippen molar-refractivity contribution in [3.63, 3.8) is 0 Å². The smallest absolute Gasteiger partial charge is 0.194 e. The highest BCUT2D eigenvalue weighted by molar-refractivity contribution is 7.92. The zero-order valence-corrected chi connectivity index (χ0v) is 18.0. The van der Waals surface area contributed by atoms with Crippen LogP contribution in [0.1, 0.15) is 40.2 Å². The first kappa shape index (κ1) is 21.5. The minimum atomic E-state index is -3.07. The van der Waals surface area contributed by atoms with Crippen LogP contribution in [0.25, 0.3) is 0 Å². The molecule has 1 heterocycles. The Morgan fingerprint density at radius 2 is 2.11 bits per heavy atom. The zero-order chi connectivity index (χ0) is 20.1. The molecule has 1 fully saturated rings. The van der Waals surface area contributed by atoms with Crippen molar-refractivity contribution in [2.24, 2.45) is 10.9 Å². The summed E-state index contributed by atoms with van der Waals surface area (Å²) < 4.78 is 29.5. The predicted octanol–water partition coefficient (Wildman–Crippen LogP) is 2.70. The average Bonchev–Trinajstić information content (AvgIpc) is 2.59. The van der Waals surface area contributed by atoms with Gasteiger partial charge in [-0.15, -0.1) is 0 Å². The standard InChI is InChI=1S/C20H33N3O3S/c1-6-21-19(23-10-11-27(24,25)20(4,5)15-23)22-13-17-8-7-9-18(12-17)26-14-16(2)3/h7-9,12,16H,6,10-11,13-15H2,1-5H3,(H,21,22). The fraction of sp³-hybridized carbons (Fsp3) is 0.650. The molecule has 0 aliphatic carbocycles. The number of hydrogen-bond donors (Lipinski definition) is 1. The van der Waals surface area contributed by atoms with Crippen molar-refractivity contribution in [1.82, 2.24) is 10.2 Å². The maximum absolute atomic E-state index is 12.3. The van der Waals surface area contributed by atoms with Crippen LogP contribution in [0.4, 0.5) is 0 Å². The van der Waals surface area contributed by atoms with E-state index in [1.165, 1.54) is 0 Å². The lowest BCUT2D eigenvalue weighted by molar-refractivity contribution is 0.271. The molecular weight excluding hydrogens is 362 g/mol. The van der Waals surface area contributed by atoms with E-state index in [-0.39, 0.29) is 5.75 Å². The second-order valence-electron chi connectivity index (χ2n) is 8.02. The van der Waals surface area contributed by atoms with Crippen LogP contribution in [-0.4, -0.2) is 56.0 Å². The lowest BCUT2D eigenvalue weighted by atomic mass is 10.2. The highest BCUT2D eigenvalue weighted by Gasteiger charge is 2.40. The summed E-state index contributed by atoms with van der Waals surface area (Å²) in [6.07, 6.45) is 0. The Labute approximate surface area is 163 Å². The van der Waals surface area contributed by atoms with Crippen LogP contribution in [0, 0.1) is 5.92 Å². The van der Waals surface area contributed by atoms with Crippen molar-refractivity contribution in [3.8, 4) is 5.75 Å². The van der Waals surface area contributed by atoms with Crippen molar-refractivity contribution < 1.29 is 13.2 Å². The SMILES string of the molecule is CCNC(=NCc1cccc(OCC(C)C)c1)N1CCS(=O)(=O)C(C)(C)C1. The lowest BCUT2D eigenvalue weighted by Gasteiger charge is -2.39. The molecule has 1 aromatic carbocycles. The molecule has 0 spiro atoms. The molecule has 1 aliphatic heterocycles. The predicted molar refractivity (Wildman–Crippen MR) is 111 cm³/mol. The van der Waals surface area contributed by atoms with E-state index in [1.807, 2.05) is 36.1 Å². The average molecular weight is 396 g/mol. The van der Waals surface area contributed by atoms with Crippen LogP contribution >= 0.6 is 0 Å². The van der Waals surface area contributed by atoms with Gasteiger partial charge in [0, 0.05) is 19.6 Å². The second-order valence-corrected chi connectivity index (χ2v) is 10.8. The molecule has 1 saturated heterocycles. The minimum absolute atomic E-state index is 0.156. The molecule has 0 aromatic heterocycles. The van der Waals surface area contributed by atoms with Gasteiger partial charge in [0.1, 0.15) is 5.75 Å². The van der Waals surface area contributed by atoms with Crippen molar-refractivity contribution in [3.05, 3.63) is 29.8 Å². The van der Waals surface area contributed by atoms with Gasteiger partial charge >= 0.3 is 0 Å². The molecular formula is C20H33N3O3S. The molecule has 7 heteroatoms. The van der Waals surface area contributed by atoms with Gasteiger partial charge in [-0.1, -0.05) is 26.0 Å². The van der Waals surface area contributed by atoms with Crippen LogP contribution in [0.3, 0.4) is 0 Å². The van der Waals surface area contributed by atoms with Crippen molar-refractivity contribution in [2.75, 3.05) is 32.0 Å². The first-order chi connectivity index (χ1) is 12.6. The molecule has 0 atom stereocenters. The van der Waals surface area contributed by atoms with Gasteiger partial charge in [0.2, 0.25) is 0 Å². The maximum atomic E-state index is 12.3. The molecule has 0 amide bonds. The van der Waals surface area contributed by atoms with E-state index in [9.17, 15) is 8.42 Å². The van der Waals surface area contributed by atoms with Crippen LogP contribution in [0.2, 0.25) is 0 Å². The van der Waals surface area contributed by atoms with Crippen molar-refractivity contribution in [1.29, 1.82) is 0 Å². The third kappa shape index (κ3) is 5.86. The Hall–Kier alpha value is -1.76. The van der Waals surface area contributed by atoms with E-state index in [4.69, 9.17) is 9.73 Å². The number of rotatable bonds is 6. The Morgan fingerprint density at radius 1 is 1.37 bits per heavy atom. The molecule has 1 N–H and O–H groups in total. The Balaban J connectivity index is 2.11. The Morgan fingerprint density at radius 3 is 2.74 bits per heavy atom. The third-order valence-corrected chi connectivity index (χ3v) is 7.10. The van der Waals surface area contributed by atoms with E-state index >= 15 is 0 Å². The molecule has 6 nitrogen and oxygen atoms in total. The van der Waals surface area contributed by atoms with Crippen molar-refractivity contribution >= 4 is 15.8 Å². The van der Waals surface area contributed by atoms with Gasteiger partial charge in [-0.2, -0.15) is 0 Å². The molecule has 0 unspecified atom stereocenters. The molecule has 0 saturated carbocycles. The van der Waals surface area contributed by atoms with Crippen LogP contribution in [0.5, 0.6) is 5.75 Å². The van der Waals surface area contributed by atoms with Gasteiger partial charge in [0.25, 0.3) is 0 Å². The summed E-state index contributed by atoms with van der Waals surface area (Å²) in [4.78, 5) is 6.78. The summed E-state index contributed by atoms with van der Waals surface area (Å²) in [6.45, 7) is 12.7. The van der Waals surface area contributed by atoms with E-state index in [1.54, 1.807) is 13.8 Å². The second kappa shape index (κ2) is 8.95. The molecule has 0 radical (unpaired) electrons. The number of sulfone groups is 1. The van der Waals surface area contributed by atoms with Gasteiger partial charge in [-0.3, -0.25) is 0 Å². The van der Waals surface area contributed by atoms with Gasteiger partial charge < -0.3 is 15.0 Å². The van der Waals surface area contributed by atoms with Crippen molar-refractivity contribution in [2.45, 2.75) is 45.9 Å². The molecule has 27 heavy (non-hydrogen) atoms. The number of ether oxygens (including phenoxy) is 1. The summed E-state index contributed by atoms with van der Waals surface area (Å²) in [6, 6.07) is 7.97. The zero-order valence-electron chi connectivity index (χ0n) is 17.2. The summed E-state index contributed by atoms with van der Waals surface area (Å²) >= 11 is 0. The van der Waals surface area contributed by atoms with Crippen LogP contribution in [0.15, 0.2) is 29.3 Å². The molecule has 1 aromatic rings. The largest absolute Gasteiger partial charge is 0.493 e. The molecule has 152 valence electrons. The lowest BCUT2D eigenvalue weighted by Crippen LogP contribution is -2.57. The summed E-state index contributed by atoms with van der Waals surface area (Å²) in [7, 11) is -3.07. The van der Waals surface area contributed by atoms with Crippen LogP contribution < -0.4 is 10.1 Å². The number of aliphatic imine (C=N–C) groups is 1. The monoisotopic (exact) mass is 395 g/mol. The number of nitrogens with one attached hydrogen (secondary N) is 1. The first-order valence-electron chi connectivity index (χ1n) is 9.62. The highest BCUT2D eigenvalue weighted by atomic mass is 32.2. The maximum Gasteiger partial charge on any atom is 0.194 e. The summed E-state index contributed by atoms with van der Waals surface area (Å²) in [5, 5.41) is 3.29. The summed E-state index contributed by atoms with van der Waals surface area (Å²) in [5.41, 5.74) is 1.07. The Kier molecular flexibility index (Phi) is 7.14. The van der Waals surface area contributed by atoms with E-state index in [2.05, 4.69) is 19.2 Å². The number of nitrogens with zero attached hydrogens (tertiary/aromatic N) is 2. The number of benzene rings is 1. The summed E-state index contributed by atoms with van der Waals surface area (Å²) in [5.74, 6) is 2.24. The molecule has 2 rings (SSSR count). The van der Waals surface area contributed by atoms with Gasteiger partial charge in [-0.05, 0) is 44.4 Å².